The number of aryl methyl sites for hydroxylation is 2. The summed E-state index contributed by atoms with van der Waals surface area (Å²) in [7, 11) is 0. The quantitative estimate of drug-likeness (QED) is 0.569. The summed E-state index contributed by atoms with van der Waals surface area (Å²) in [6, 6.07) is 7.95. The highest BCUT2D eigenvalue weighted by molar-refractivity contribution is 6.31. The van der Waals surface area contributed by atoms with Crippen LogP contribution in [0.2, 0.25) is 5.02 Å². The predicted molar refractivity (Wildman–Crippen MR) is 95.1 cm³/mol. The maximum atomic E-state index is 12.4. The molecule has 0 radical (unpaired) electrons. The zero-order chi connectivity index (χ0) is 18.1. The minimum atomic E-state index is -0.579. The van der Waals surface area contributed by atoms with E-state index in [9.17, 15) is 14.9 Å². The Morgan fingerprint density at radius 3 is 2.84 bits per heavy atom. The van der Waals surface area contributed by atoms with Crippen LogP contribution < -0.4 is 5.32 Å². The first-order valence-corrected chi connectivity index (χ1v) is 7.91. The molecule has 25 heavy (non-hydrogen) atoms. The molecule has 0 fully saturated rings. The fraction of sp³-hybridized carbons (Fsp3) is 0.176. The van der Waals surface area contributed by atoms with Crippen LogP contribution in [0.25, 0.3) is 5.65 Å². The van der Waals surface area contributed by atoms with Gasteiger partial charge in [-0.1, -0.05) is 17.7 Å². The lowest BCUT2D eigenvalue weighted by molar-refractivity contribution is -0.383. The number of hydrogen-bond acceptors (Lipinski definition) is 4. The number of hydrogen-bond donors (Lipinski definition) is 1. The zero-order valence-corrected chi connectivity index (χ0v) is 14.4. The van der Waals surface area contributed by atoms with E-state index in [1.807, 2.05) is 36.6 Å². The molecule has 7 nitrogen and oxygen atoms in total. The lowest BCUT2D eigenvalue weighted by Gasteiger charge is -2.07. The lowest BCUT2D eigenvalue weighted by atomic mass is 10.2. The monoisotopic (exact) mass is 358 g/mol. The van der Waals surface area contributed by atoms with Gasteiger partial charge in [-0.15, -0.1) is 0 Å². The summed E-state index contributed by atoms with van der Waals surface area (Å²) < 4.78 is 1.86. The number of aromatic nitrogens is 2. The van der Waals surface area contributed by atoms with Crippen molar-refractivity contribution in [2.24, 2.45) is 0 Å². The van der Waals surface area contributed by atoms with Crippen LogP contribution in [0.3, 0.4) is 0 Å². The van der Waals surface area contributed by atoms with Crippen LogP contribution in [0.5, 0.6) is 0 Å². The fourth-order valence-electron chi connectivity index (χ4n) is 2.69. The van der Waals surface area contributed by atoms with Crippen LogP contribution in [0.1, 0.15) is 17.0 Å². The van der Waals surface area contributed by atoms with Crippen molar-refractivity contribution in [3.8, 4) is 0 Å². The number of nitrogens with zero attached hydrogens (tertiary/aromatic N) is 3. The van der Waals surface area contributed by atoms with Crippen LogP contribution in [-0.2, 0) is 11.2 Å². The minimum absolute atomic E-state index is 0.0518. The van der Waals surface area contributed by atoms with Gasteiger partial charge in [-0.25, -0.2) is 4.98 Å². The van der Waals surface area contributed by atoms with E-state index in [1.54, 1.807) is 0 Å². The summed E-state index contributed by atoms with van der Waals surface area (Å²) in [6.07, 6.45) is 1.89. The first-order valence-electron chi connectivity index (χ1n) is 7.53. The zero-order valence-electron chi connectivity index (χ0n) is 13.6. The summed E-state index contributed by atoms with van der Waals surface area (Å²) in [6.45, 7) is 3.78. The summed E-state index contributed by atoms with van der Waals surface area (Å²) >= 11 is 5.78. The van der Waals surface area contributed by atoms with Gasteiger partial charge in [-0.05, 0) is 37.6 Å². The number of nitro benzene ring substituents is 1. The highest BCUT2D eigenvalue weighted by Crippen LogP contribution is 2.28. The molecule has 1 amide bonds. The van der Waals surface area contributed by atoms with E-state index in [4.69, 9.17) is 11.6 Å². The SMILES string of the molecule is Cc1nc2c(C)cccn2c1CC(=O)Nc1ccc(Cl)cc1[N+](=O)[O-]. The van der Waals surface area contributed by atoms with E-state index in [0.717, 1.165) is 22.6 Å². The second kappa shape index (κ2) is 6.52. The molecule has 0 aliphatic carbocycles. The molecule has 2 aromatic heterocycles. The number of anilines is 1. The molecule has 2 heterocycles. The van der Waals surface area contributed by atoms with Crippen molar-refractivity contribution in [2.45, 2.75) is 20.3 Å². The highest BCUT2D eigenvalue weighted by Gasteiger charge is 2.19. The number of carbonyl (C=O) groups excluding carboxylic acids is 1. The number of fused-ring (bicyclic) bond motifs is 1. The number of imidazole rings is 1. The third kappa shape index (κ3) is 3.32. The van der Waals surface area contributed by atoms with Gasteiger partial charge in [0.25, 0.3) is 5.69 Å². The number of halogens is 1. The molecule has 0 spiro atoms. The Kier molecular flexibility index (Phi) is 4.41. The third-order valence-corrected chi connectivity index (χ3v) is 4.14. The van der Waals surface area contributed by atoms with Crippen molar-refractivity contribution < 1.29 is 9.72 Å². The van der Waals surface area contributed by atoms with Crippen molar-refractivity contribution >= 4 is 34.5 Å². The molecule has 1 N–H and O–H groups in total. The number of rotatable bonds is 4. The Hall–Kier alpha value is -2.93. The van der Waals surface area contributed by atoms with Gasteiger partial charge in [0.15, 0.2) is 0 Å². The van der Waals surface area contributed by atoms with Gasteiger partial charge in [0.2, 0.25) is 5.91 Å². The number of nitrogens with one attached hydrogen (secondary N) is 1. The average molecular weight is 359 g/mol. The van der Waals surface area contributed by atoms with Crippen LogP contribution in [0.15, 0.2) is 36.5 Å². The van der Waals surface area contributed by atoms with Gasteiger partial charge in [0.05, 0.1) is 22.7 Å². The topological polar surface area (TPSA) is 89.5 Å². The van der Waals surface area contributed by atoms with E-state index in [1.165, 1.54) is 18.2 Å². The van der Waals surface area contributed by atoms with Crippen LogP contribution in [0, 0.1) is 24.0 Å². The summed E-state index contributed by atoms with van der Waals surface area (Å²) in [5, 5.41) is 13.9. The first-order chi connectivity index (χ1) is 11.9. The van der Waals surface area contributed by atoms with E-state index in [-0.39, 0.29) is 28.7 Å². The van der Waals surface area contributed by atoms with Gasteiger partial charge in [-0.3, -0.25) is 14.9 Å². The standard InChI is InChI=1S/C17H15ClN4O3/c1-10-4-3-7-21-14(11(2)19-17(10)21)9-16(23)20-13-6-5-12(18)8-15(13)22(24)25/h3-8H,9H2,1-2H3,(H,20,23). The average Bonchev–Trinajstić information content (AvgIpc) is 2.86. The maximum Gasteiger partial charge on any atom is 0.294 e. The number of benzene rings is 1. The van der Waals surface area contributed by atoms with Gasteiger partial charge in [0.1, 0.15) is 11.3 Å². The number of pyridine rings is 1. The second-order valence-corrected chi connectivity index (χ2v) is 6.11. The molecule has 0 bridgehead atoms. The van der Waals surface area contributed by atoms with Gasteiger partial charge < -0.3 is 9.72 Å². The number of nitro groups is 1. The van der Waals surface area contributed by atoms with Crippen molar-refractivity contribution in [3.63, 3.8) is 0 Å². The van der Waals surface area contributed by atoms with Crippen LogP contribution in [-0.4, -0.2) is 20.2 Å². The molecule has 128 valence electrons. The third-order valence-electron chi connectivity index (χ3n) is 3.90. The maximum absolute atomic E-state index is 12.4. The molecule has 0 saturated heterocycles. The van der Waals surface area contributed by atoms with Gasteiger partial charge >= 0.3 is 0 Å². The van der Waals surface area contributed by atoms with Crippen LogP contribution in [0.4, 0.5) is 11.4 Å². The molecule has 0 aliphatic heterocycles. The molecule has 0 atom stereocenters. The van der Waals surface area contributed by atoms with Crippen LogP contribution >= 0.6 is 11.6 Å². The molecule has 0 aliphatic rings. The molecule has 0 saturated carbocycles. The molecule has 3 rings (SSSR count). The van der Waals surface area contributed by atoms with E-state index in [0.29, 0.717) is 0 Å². The largest absolute Gasteiger partial charge is 0.320 e. The molecule has 8 heteroatoms. The first kappa shape index (κ1) is 16.9. The Balaban J connectivity index is 1.89. The molecule has 1 aromatic carbocycles. The summed E-state index contributed by atoms with van der Waals surface area (Å²) in [5.41, 5.74) is 3.15. The molecular weight excluding hydrogens is 344 g/mol. The molecule has 0 unspecified atom stereocenters. The second-order valence-electron chi connectivity index (χ2n) is 5.67. The Bertz CT molecular complexity index is 997. The Labute approximate surface area is 148 Å². The number of carbonyl (C=O) groups is 1. The normalized spacial score (nSPS) is 10.8. The van der Waals surface area contributed by atoms with E-state index >= 15 is 0 Å². The fourth-order valence-corrected chi connectivity index (χ4v) is 2.85. The van der Waals surface area contributed by atoms with E-state index < -0.39 is 4.92 Å². The van der Waals surface area contributed by atoms with Crippen molar-refractivity contribution in [1.82, 2.24) is 9.38 Å². The van der Waals surface area contributed by atoms with Gasteiger partial charge in [-0.2, -0.15) is 0 Å². The Morgan fingerprint density at radius 2 is 2.12 bits per heavy atom. The predicted octanol–water partition coefficient (Wildman–Crippen LogP) is 3.69. The highest BCUT2D eigenvalue weighted by atomic mass is 35.5. The van der Waals surface area contributed by atoms with Crippen molar-refractivity contribution in [2.75, 3.05) is 5.32 Å². The smallest absolute Gasteiger partial charge is 0.294 e. The Morgan fingerprint density at radius 1 is 1.36 bits per heavy atom. The molecular formula is C17H15ClN4O3. The van der Waals surface area contributed by atoms with Crippen molar-refractivity contribution in [3.05, 3.63) is 68.6 Å². The number of amides is 1. The van der Waals surface area contributed by atoms with E-state index in [2.05, 4.69) is 10.3 Å². The lowest BCUT2D eigenvalue weighted by Crippen LogP contribution is -2.17. The minimum Gasteiger partial charge on any atom is -0.320 e. The molecule has 3 aromatic rings. The van der Waals surface area contributed by atoms with Crippen molar-refractivity contribution in [1.29, 1.82) is 0 Å². The summed E-state index contributed by atoms with van der Waals surface area (Å²) in [4.78, 5) is 27.4. The van der Waals surface area contributed by atoms with Gasteiger partial charge in [0, 0.05) is 17.3 Å². The summed E-state index contributed by atoms with van der Waals surface area (Å²) in [5.74, 6) is -0.364.